The fourth-order valence-corrected chi connectivity index (χ4v) is 0.851. The van der Waals surface area contributed by atoms with E-state index in [0.29, 0.717) is 0 Å². The number of hydrogen-bond acceptors (Lipinski definition) is 3. The highest BCUT2D eigenvalue weighted by molar-refractivity contribution is 5.59. The van der Waals surface area contributed by atoms with Gasteiger partial charge in [-0.25, -0.2) is 13.6 Å². The smallest absolute Gasteiger partial charge is 0.434 e. The quantitative estimate of drug-likeness (QED) is 0.400. The number of carbonyl (C=O) groups is 1. The van der Waals surface area contributed by atoms with Crippen molar-refractivity contribution in [3.63, 3.8) is 0 Å². The van der Waals surface area contributed by atoms with Crippen molar-refractivity contribution in [3.8, 4) is 0 Å². The van der Waals surface area contributed by atoms with Crippen molar-refractivity contribution >= 4 is 6.16 Å². The minimum absolute atomic E-state index is 0.938. The van der Waals surface area contributed by atoms with E-state index >= 15 is 0 Å². The molecule has 0 aromatic rings. The summed E-state index contributed by atoms with van der Waals surface area (Å²) < 4.78 is 115. The Labute approximate surface area is 112 Å². The fraction of sp³-hybridized carbons (Fsp3) is 0.889. The molecule has 0 aliphatic carbocycles. The Bertz CT molecular complexity index is 340. The monoisotopic (exact) mass is 336 g/mol. The van der Waals surface area contributed by atoms with Gasteiger partial charge in [-0.1, -0.05) is 0 Å². The molecule has 0 bridgehead atoms. The second-order valence-corrected chi connectivity index (χ2v) is 3.75. The number of hydrogen-bond donors (Lipinski definition) is 0. The number of halogens is 9. The maximum absolute atomic E-state index is 12.4. The van der Waals surface area contributed by atoms with Gasteiger partial charge in [-0.2, -0.15) is 30.7 Å². The van der Waals surface area contributed by atoms with Crippen LogP contribution in [0.25, 0.3) is 0 Å². The van der Waals surface area contributed by atoms with Gasteiger partial charge in [0.2, 0.25) is 0 Å². The summed E-state index contributed by atoms with van der Waals surface area (Å²) in [7, 11) is 0. The zero-order valence-corrected chi connectivity index (χ0v) is 10.0. The minimum atomic E-state index is -5.77. The summed E-state index contributed by atoms with van der Waals surface area (Å²) >= 11 is 0. The lowest BCUT2D eigenvalue weighted by atomic mass is 10.2. The van der Waals surface area contributed by atoms with Crippen molar-refractivity contribution in [2.45, 2.75) is 37.3 Å². The highest BCUT2D eigenvalue weighted by Crippen LogP contribution is 2.38. The molecule has 0 amide bonds. The minimum Gasteiger partial charge on any atom is -0.434 e. The van der Waals surface area contributed by atoms with Crippen molar-refractivity contribution < 1.29 is 53.8 Å². The molecule has 0 aliphatic rings. The molecule has 0 aromatic heterocycles. The van der Waals surface area contributed by atoms with Crippen LogP contribution >= 0.6 is 0 Å². The number of rotatable bonds is 7. The summed E-state index contributed by atoms with van der Waals surface area (Å²) in [6.07, 6.45) is -14.4. The van der Waals surface area contributed by atoms with Crippen molar-refractivity contribution in [1.29, 1.82) is 0 Å². The molecule has 3 nitrogen and oxygen atoms in total. The second kappa shape index (κ2) is 7.07. The average Bonchev–Trinajstić information content (AvgIpc) is 2.30. The summed E-state index contributed by atoms with van der Waals surface area (Å²) in [5.41, 5.74) is 0. The molecule has 0 fully saturated rings. The summed E-state index contributed by atoms with van der Waals surface area (Å²) in [6, 6.07) is 0. The molecular weight excluding hydrogens is 327 g/mol. The molecule has 126 valence electrons. The molecule has 0 unspecified atom stereocenters. The van der Waals surface area contributed by atoms with E-state index in [9.17, 15) is 44.3 Å². The normalized spacial score (nSPS) is 13.4. The Kier molecular flexibility index (Phi) is 6.61. The topological polar surface area (TPSA) is 35.5 Å². The van der Waals surface area contributed by atoms with E-state index in [0.717, 1.165) is 0 Å². The Balaban J connectivity index is 3.97. The van der Waals surface area contributed by atoms with Gasteiger partial charge in [0.15, 0.2) is 6.61 Å². The Morgan fingerprint density at radius 2 is 1.48 bits per heavy atom. The first-order chi connectivity index (χ1) is 9.29. The predicted molar refractivity (Wildman–Crippen MR) is 48.5 cm³/mol. The van der Waals surface area contributed by atoms with Crippen LogP contribution in [0, 0.1) is 0 Å². The molecular formula is C9H9F9O3. The lowest BCUT2D eigenvalue weighted by molar-refractivity contribution is -0.284. The van der Waals surface area contributed by atoms with Gasteiger partial charge in [-0.3, -0.25) is 0 Å². The summed E-state index contributed by atoms with van der Waals surface area (Å²) in [4.78, 5) is 10.6. The van der Waals surface area contributed by atoms with E-state index in [4.69, 9.17) is 0 Å². The second-order valence-electron chi connectivity index (χ2n) is 3.75. The molecule has 0 saturated carbocycles. The standard InChI is InChI=1S/C9H9F9O3/c10-5(11)7(12,13)4-21-6(19)20-3-1-2-8(14,15)9(16,17)18/h5H,1-4H2. The van der Waals surface area contributed by atoms with E-state index in [1.165, 1.54) is 0 Å². The summed E-state index contributed by atoms with van der Waals surface area (Å²) in [6.45, 7) is -2.99. The van der Waals surface area contributed by atoms with E-state index < -0.39 is 56.7 Å². The van der Waals surface area contributed by atoms with Crippen LogP contribution in [0.2, 0.25) is 0 Å². The highest BCUT2D eigenvalue weighted by Gasteiger charge is 2.56. The number of alkyl halides is 9. The first-order valence-corrected chi connectivity index (χ1v) is 5.19. The van der Waals surface area contributed by atoms with Gasteiger partial charge in [-0.15, -0.1) is 0 Å². The van der Waals surface area contributed by atoms with Crippen LogP contribution in [0.5, 0.6) is 0 Å². The van der Waals surface area contributed by atoms with Crippen molar-refractivity contribution in [2.24, 2.45) is 0 Å². The van der Waals surface area contributed by atoms with Crippen LogP contribution < -0.4 is 0 Å². The van der Waals surface area contributed by atoms with Gasteiger partial charge in [0, 0.05) is 6.42 Å². The van der Waals surface area contributed by atoms with Crippen LogP contribution in [0.15, 0.2) is 0 Å². The predicted octanol–water partition coefficient (Wildman–Crippen LogP) is 4.02. The van der Waals surface area contributed by atoms with Crippen LogP contribution in [0.4, 0.5) is 44.3 Å². The number of carbonyl (C=O) groups excluding carboxylic acids is 1. The van der Waals surface area contributed by atoms with Gasteiger partial charge >= 0.3 is 30.6 Å². The largest absolute Gasteiger partial charge is 0.508 e. The first kappa shape index (κ1) is 19.6. The third-order valence-corrected chi connectivity index (χ3v) is 1.97. The van der Waals surface area contributed by atoms with Crippen LogP contribution in [-0.2, 0) is 9.47 Å². The average molecular weight is 336 g/mol. The zero-order valence-electron chi connectivity index (χ0n) is 10.0. The van der Waals surface area contributed by atoms with Gasteiger partial charge in [0.1, 0.15) is 0 Å². The highest BCUT2D eigenvalue weighted by atomic mass is 19.4. The molecule has 12 heteroatoms. The van der Waals surface area contributed by atoms with Gasteiger partial charge in [-0.05, 0) is 6.42 Å². The molecule has 21 heavy (non-hydrogen) atoms. The SMILES string of the molecule is O=C(OCCCC(F)(F)C(F)(F)F)OCC(F)(F)C(F)F. The van der Waals surface area contributed by atoms with E-state index in [1.807, 2.05) is 0 Å². The van der Waals surface area contributed by atoms with Gasteiger partial charge < -0.3 is 9.47 Å². The lowest BCUT2D eigenvalue weighted by Gasteiger charge is -2.19. The van der Waals surface area contributed by atoms with Gasteiger partial charge in [0.25, 0.3) is 0 Å². The van der Waals surface area contributed by atoms with E-state index in [2.05, 4.69) is 9.47 Å². The number of ether oxygens (including phenoxy) is 2. The van der Waals surface area contributed by atoms with Crippen molar-refractivity contribution in [2.75, 3.05) is 13.2 Å². The molecule has 0 aliphatic heterocycles. The van der Waals surface area contributed by atoms with Crippen LogP contribution in [0.1, 0.15) is 12.8 Å². The van der Waals surface area contributed by atoms with E-state index in [1.54, 1.807) is 0 Å². The maximum Gasteiger partial charge on any atom is 0.508 e. The Morgan fingerprint density at radius 3 is 1.90 bits per heavy atom. The third-order valence-electron chi connectivity index (χ3n) is 1.97. The van der Waals surface area contributed by atoms with E-state index in [-0.39, 0.29) is 0 Å². The Hall–Kier alpha value is -1.36. The molecule has 0 spiro atoms. The molecule has 0 N–H and O–H groups in total. The lowest BCUT2D eigenvalue weighted by Crippen LogP contribution is -2.36. The Morgan fingerprint density at radius 1 is 0.952 bits per heavy atom. The zero-order chi connectivity index (χ0) is 16.9. The molecule has 0 saturated heterocycles. The molecule has 0 aromatic carbocycles. The van der Waals surface area contributed by atoms with Crippen molar-refractivity contribution in [3.05, 3.63) is 0 Å². The van der Waals surface area contributed by atoms with Crippen LogP contribution in [0.3, 0.4) is 0 Å². The third kappa shape index (κ3) is 6.76. The fourth-order valence-electron chi connectivity index (χ4n) is 0.851. The molecule has 0 rings (SSSR count). The van der Waals surface area contributed by atoms with Crippen LogP contribution in [-0.4, -0.2) is 43.8 Å². The summed E-state index contributed by atoms with van der Waals surface area (Å²) in [5, 5.41) is 0. The first-order valence-electron chi connectivity index (χ1n) is 5.19. The maximum atomic E-state index is 12.4. The molecule has 0 atom stereocenters. The molecule has 0 radical (unpaired) electrons. The summed E-state index contributed by atoms with van der Waals surface area (Å²) in [5.74, 6) is -9.62. The van der Waals surface area contributed by atoms with Crippen molar-refractivity contribution in [1.82, 2.24) is 0 Å². The van der Waals surface area contributed by atoms with Gasteiger partial charge in [0.05, 0.1) is 6.61 Å². The molecule has 0 heterocycles.